The van der Waals surface area contributed by atoms with Crippen LogP contribution in [0.1, 0.15) is 25.8 Å². The van der Waals surface area contributed by atoms with Crippen molar-refractivity contribution in [2.45, 2.75) is 19.9 Å². The van der Waals surface area contributed by atoms with Crippen LogP contribution in [0.5, 0.6) is 0 Å². The van der Waals surface area contributed by atoms with Crippen LogP contribution in [-0.2, 0) is 0 Å². The number of halogens is 1. The summed E-state index contributed by atoms with van der Waals surface area (Å²) in [6.07, 6.45) is 0. The summed E-state index contributed by atoms with van der Waals surface area (Å²) in [7, 11) is 0. The zero-order valence-corrected chi connectivity index (χ0v) is 12.0. The number of hydrogen-bond donors (Lipinski definition) is 1. The van der Waals surface area contributed by atoms with Gasteiger partial charge >= 0.3 is 0 Å². The van der Waals surface area contributed by atoms with Crippen LogP contribution < -0.4 is 5.32 Å². The van der Waals surface area contributed by atoms with Gasteiger partial charge in [-0.3, -0.25) is 0 Å². The Morgan fingerprint density at radius 3 is 3.00 bits per heavy atom. The van der Waals surface area contributed by atoms with Crippen LogP contribution in [-0.4, -0.2) is 16.7 Å². The molecule has 4 nitrogen and oxygen atoms in total. The zero-order valence-electron chi connectivity index (χ0n) is 9.03. The molecule has 0 aliphatic carbocycles. The highest BCUT2D eigenvalue weighted by atomic mass is 127. The van der Waals surface area contributed by atoms with Gasteiger partial charge in [0, 0.05) is 5.38 Å². The molecule has 0 amide bonds. The Bertz CT molecular complexity index is 468. The average molecular weight is 349 g/mol. The molecule has 1 atom stereocenters. The Labute approximate surface area is 112 Å². The van der Waals surface area contributed by atoms with E-state index in [-0.39, 0.29) is 6.04 Å². The van der Waals surface area contributed by atoms with Crippen LogP contribution in [0.4, 0.5) is 0 Å². The average Bonchev–Trinajstić information content (AvgIpc) is 2.85. The quantitative estimate of drug-likeness (QED) is 0.862. The van der Waals surface area contributed by atoms with Crippen molar-refractivity contribution in [1.29, 1.82) is 0 Å². The third kappa shape index (κ3) is 2.61. The smallest absolute Gasteiger partial charge is 0.248 e. The predicted molar refractivity (Wildman–Crippen MR) is 72.4 cm³/mol. The first-order chi connectivity index (χ1) is 7.70. The van der Waals surface area contributed by atoms with Crippen molar-refractivity contribution in [3.05, 3.63) is 20.2 Å². The van der Waals surface area contributed by atoms with Crippen molar-refractivity contribution in [3.8, 4) is 11.5 Å². The molecule has 2 heterocycles. The van der Waals surface area contributed by atoms with Gasteiger partial charge in [-0.1, -0.05) is 6.92 Å². The molecule has 2 rings (SSSR count). The van der Waals surface area contributed by atoms with Crippen LogP contribution in [0, 0.1) is 2.88 Å². The van der Waals surface area contributed by atoms with Crippen LogP contribution in [0.25, 0.3) is 11.5 Å². The molecule has 0 radical (unpaired) electrons. The van der Waals surface area contributed by atoms with Gasteiger partial charge in [-0.15, -0.1) is 21.5 Å². The van der Waals surface area contributed by atoms with Gasteiger partial charge in [0.1, 0.15) is 0 Å². The first kappa shape index (κ1) is 12.0. The molecule has 0 spiro atoms. The van der Waals surface area contributed by atoms with Crippen molar-refractivity contribution in [1.82, 2.24) is 15.5 Å². The van der Waals surface area contributed by atoms with Gasteiger partial charge in [0.05, 0.1) is 14.5 Å². The Morgan fingerprint density at radius 1 is 1.56 bits per heavy atom. The van der Waals surface area contributed by atoms with Gasteiger partial charge in [0.2, 0.25) is 11.8 Å². The minimum atomic E-state index is 0.101. The molecule has 86 valence electrons. The van der Waals surface area contributed by atoms with Gasteiger partial charge in [-0.25, -0.2) is 0 Å². The lowest BCUT2D eigenvalue weighted by Gasteiger charge is -2.05. The van der Waals surface area contributed by atoms with E-state index >= 15 is 0 Å². The molecule has 6 heteroatoms. The molecule has 2 aromatic rings. The Balaban J connectivity index is 2.19. The minimum absolute atomic E-state index is 0.101. The minimum Gasteiger partial charge on any atom is -0.419 e. The molecule has 1 N–H and O–H groups in total. The molecular weight excluding hydrogens is 337 g/mol. The van der Waals surface area contributed by atoms with Gasteiger partial charge in [0.25, 0.3) is 0 Å². The molecule has 0 saturated heterocycles. The van der Waals surface area contributed by atoms with Crippen molar-refractivity contribution >= 4 is 33.9 Å². The highest BCUT2D eigenvalue weighted by Gasteiger charge is 2.14. The monoisotopic (exact) mass is 349 g/mol. The van der Waals surface area contributed by atoms with Gasteiger partial charge in [-0.2, -0.15) is 0 Å². The third-order valence-corrected chi connectivity index (χ3v) is 3.92. The molecule has 1 unspecified atom stereocenters. The Kier molecular flexibility index (Phi) is 3.93. The predicted octanol–water partition coefficient (Wildman–Crippen LogP) is 3.07. The Hall–Kier alpha value is -0.470. The summed E-state index contributed by atoms with van der Waals surface area (Å²) < 4.78 is 6.83. The maximum Gasteiger partial charge on any atom is 0.248 e. The molecule has 16 heavy (non-hydrogen) atoms. The van der Waals surface area contributed by atoms with Crippen LogP contribution in [0.3, 0.4) is 0 Å². The standard InChI is InChI=1S/C10H12IN3OS/c1-3-12-6(2)9-13-14-10(15-9)7-4-8(11)16-5-7/h4-6,12H,3H2,1-2H3. The Morgan fingerprint density at radius 2 is 2.38 bits per heavy atom. The molecule has 0 aliphatic heterocycles. The fourth-order valence-corrected chi connectivity index (χ4v) is 2.66. The van der Waals surface area contributed by atoms with Crippen LogP contribution >= 0.6 is 33.9 Å². The largest absolute Gasteiger partial charge is 0.419 e. The van der Waals surface area contributed by atoms with E-state index in [0.717, 1.165) is 12.1 Å². The lowest BCUT2D eigenvalue weighted by atomic mass is 10.3. The number of nitrogens with one attached hydrogen (secondary N) is 1. The van der Waals surface area contributed by atoms with Crippen molar-refractivity contribution < 1.29 is 4.42 Å². The van der Waals surface area contributed by atoms with Crippen molar-refractivity contribution in [2.24, 2.45) is 0 Å². The SMILES string of the molecule is CCNC(C)c1nnc(-c2csc(I)c2)o1. The maximum atomic E-state index is 5.62. The number of hydrogen-bond acceptors (Lipinski definition) is 5. The summed E-state index contributed by atoms with van der Waals surface area (Å²) in [6.45, 7) is 4.95. The zero-order chi connectivity index (χ0) is 11.5. The number of thiophene rings is 1. The molecule has 0 aliphatic rings. The normalized spacial score (nSPS) is 12.9. The van der Waals surface area contributed by atoms with E-state index < -0.39 is 0 Å². The van der Waals surface area contributed by atoms with E-state index in [1.165, 1.54) is 2.88 Å². The van der Waals surface area contributed by atoms with E-state index in [1.54, 1.807) is 11.3 Å². The second-order valence-corrected chi connectivity index (χ2v) is 6.17. The first-order valence-electron chi connectivity index (χ1n) is 5.02. The van der Waals surface area contributed by atoms with E-state index in [9.17, 15) is 0 Å². The molecule has 0 bridgehead atoms. The van der Waals surface area contributed by atoms with Gasteiger partial charge in [0.15, 0.2) is 0 Å². The highest BCUT2D eigenvalue weighted by Crippen LogP contribution is 2.26. The lowest BCUT2D eigenvalue weighted by molar-refractivity contribution is 0.429. The fraction of sp³-hybridized carbons (Fsp3) is 0.400. The first-order valence-corrected chi connectivity index (χ1v) is 6.97. The van der Waals surface area contributed by atoms with E-state index in [1.807, 2.05) is 18.4 Å². The van der Waals surface area contributed by atoms with Crippen molar-refractivity contribution in [3.63, 3.8) is 0 Å². The fourth-order valence-electron chi connectivity index (χ4n) is 1.34. The summed E-state index contributed by atoms with van der Waals surface area (Å²) in [4.78, 5) is 0. The second-order valence-electron chi connectivity index (χ2n) is 3.36. The summed E-state index contributed by atoms with van der Waals surface area (Å²) in [5, 5.41) is 13.4. The second kappa shape index (κ2) is 5.24. The van der Waals surface area contributed by atoms with Crippen LogP contribution in [0.2, 0.25) is 0 Å². The van der Waals surface area contributed by atoms with E-state index in [2.05, 4.69) is 45.0 Å². The third-order valence-electron chi connectivity index (χ3n) is 2.14. The van der Waals surface area contributed by atoms with E-state index in [4.69, 9.17) is 4.42 Å². The summed E-state index contributed by atoms with van der Waals surface area (Å²) >= 11 is 3.95. The summed E-state index contributed by atoms with van der Waals surface area (Å²) in [6, 6.07) is 2.14. The summed E-state index contributed by atoms with van der Waals surface area (Å²) in [5.74, 6) is 1.23. The van der Waals surface area contributed by atoms with E-state index in [0.29, 0.717) is 11.8 Å². The summed E-state index contributed by atoms with van der Waals surface area (Å²) in [5.41, 5.74) is 0.997. The number of rotatable bonds is 4. The van der Waals surface area contributed by atoms with Crippen LogP contribution in [0.15, 0.2) is 15.9 Å². The maximum absolute atomic E-state index is 5.62. The number of nitrogens with zero attached hydrogens (tertiary/aromatic N) is 2. The van der Waals surface area contributed by atoms with Crippen molar-refractivity contribution in [2.75, 3.05) is 6.54 Å². The lowest BCUT2D eigenvalue weighted by Crippen LogP contribution is -2.17. The highest BCUT2D eigenvalue weighted by molar-refractivity contribution is 14.1. The molecule has 0 saturated carbocycles. The topological polar surface area (TPSA) is 51.0 Å². The molecule has 2 aromatic heterocycles. The molecular formula is C10H12IN3OS. The molecule has 0 fully saturated rings. The van der Waals surface area contributed by atoms with Gasteiger partial charge in [-0.05, 0) is 42.1 Å². The van der Waals surface area contributed by atoms with Gasteiger partial charge < -0.3 is 9.73 Å². The molecule has 0 aromatic carbocycles. The number of aromatic nitrogens is 2.